The van der Waals surface area contributed by atoms with E-state index in [4.69, 9.17) is 5.26 Å². The van der Waals surface area contributed by atoms with E-state index in [-0.39, 0.29) is 17.2 Å². The number of aromatic nitrogens is 1. The van der Waals surface area contributed by atoms with Crippen molar-refractivity contribution in [2.24, 2.45) is 20.2 Å². The summed E-state index contributed by atoms with van der Waals surface area (Å²) in [7, 11) is 0. The van der Waals surface area contributed by atoms with Crippen LogP contribution >= 0.6 is 0 Å². The van der Waals surface area contributed by atoms with Crippen LogP contribution in [0.5, 0.6) is 11.8 Å². The number of nitriles is 1. The van der Waals surface area contributed by atoms with E-state index in [0.717, 1.165) is 0 Å². The SMILES string of the molecule is N#Cc1c(O)[nH]c(O)c1N=C1N=CN=N1. The van der Waals surface area contributed by atoms with Crippen molar-refractivity contribution in [1.29, 1.82) is 5.26 Å². The highest BCUT2D eigenvalue weighted by atomic mass is 16.3. The Morgan fingerprint density at radius 2 is 2.20 bits per heavy atom. The first-order valence-electron chi connectivity index (χ1n) is 3.78. The van der Waals surface area contributed by atoms with Crippen LogP contribution in [0, 0.1) is 11.3 Å². The molecule has 8 heteroatoms. The van der Waals surface area contributed by atoms with Gasteiger partial charge in [0.25, 0.3) is 5.96 Å². The lowest BCUT2D eigenvalue weighted by Crippen LogP contribution is -1.81. The fraction of sp³-hybridized carbons (Fsp3) is 0. The molecular formula is C7H4N6O2. The zero-order chi connectivity index (χ0) is 10.8. The Morgan fingerprint density at radius 3 is 2.80 bits per heavy atom. The number of aromatic amines is 1. The van der Waals surface area contributed by atoms with Crippen LogP contribution in [0.2, 0.25) is 0 Å². The fourth-order valence-electron chi connectivity index (χ4n) is 1.01. The monoisotopic (exact) mass is 204 g/mol. The van der Waals surface area contributed by atoms with E-state index in [0.29, 0.717) is 0 Å². The number of hydrogen-bond acceptors (Lipinski definition) is 5. The Kier molecular flexibility index (Phi) is 1.91. The zero-order valence-corrected chi connectivity index (χ0v) is 7.21. The Hall–Kier alpha value is -2.69. The van der Waals surface area contributed by atoms with Gasteiger partial charge in [-0.25, -0.2) is 4.99 Å². The first-order valence-corrected chi connectivity index (χ1v) is 3.78. The molecule has 3 N–H and O–H groups in total. The third kappa shape index (κ3) is 1.42. The summed E-state index contributed by atoms with van der Waals surface area (Å²) < 4.78 is 0. The third-order valence-electron chi connectivity index (χ3n) is 1.63. The molecule has 2 rings (SSSR count). The van der Waals surface area contributed by atoms with Gasteiger partial charge in [0.1, 0.15) is 18.0 Å². The maximum Gasteiger partial charge on any atom is 0.271 e. The van der Waals surface area contributed by atoms with Gasteiger partial charge < -0.3 is 10.2 Å². The molecule has 8 nitrogen and oxygen atoms in total. The summed E-state index contributed by atoms with van der Waals surface area (Å²) in [6, 6.07) is 1.69. The van der Waals surface area contributed by atoms with E-state index in [1.165, 1.54) is 6.34 Å². The number of aromatic hydroxyl groups is 2. The van der Waals surface area contributed by atoms with Crippen LogP contribution in [0.3, 0.4) is 0 Å². The zero-order valence-electron chi connectivity index (χ0n) is 7.21. The largest absolute Gasteiger partial charge is 0.494 e. The number of nitrogens with one attached hydrogen (secondary N) is 1. The van der Waals surface area contributed by atoms with Crippen molar-refractivity contribution in [3.63, 3.8) is 0 Å². The van der Waals surface area contributed by atoms with E-state index in [2.05, 4.69) is 25.2 Å². The van der Waals surface area contributed by atoms with Gasteiger partial charge in [0.15, 0.2) is 5.69 Å². The van der Waals surface area contributed by atoms with E-state index in [1.54, 1.807) is 6.07 Å². The molecule has 2 heterocycles. The molecule has 0 bridgehead atoms. The van der Waals surface area contributed by atoms with Gasteiger partial charge in [-0.05, 0) is 0 Å². The molecule has 1 aliphatic rings. The van der Waals surface area contributed by atoms with Gasteiger partial charge in [0.05, 0.1) is 0 Å². The van der Waals surface area contributed by atoms with E-state index < -0.39 is 11.8 Å². The minimum atomic E-state index is -0.451. The van der Waals surface area contributed by atoms with Crippen molar-refractivity contribution in [3.05, 3.63) is 5.56 Å². The van der Waals surface area contributed by atoms with Crippen LogP contribution in [-0.2, 0) is 0 Å². The maximum absolute atomic E-state index is 9.31. The molecule has 0 aliphatic carbocycles. The van der Waals surface area contributed by atoms with Gasteiger partial charge in [0.2, 0.25) is 11.8 Å². The Balaban J connectivity index is 2.53. The predicted octanol–water partition coefficient (Wildman–Crippen LogP) is 0.779. The average molecular weight is 204 g/mol. The normalized spacial score (nSPS) is 16.1. The number of nitrogens with zero attached hydrogens (tertiary/aromatic N) is 5. The van der Waals surface area contributed by atoms with Crippen LogP contribution in [0.4, 0.5) is 5.69 Å². The summed E-state index contributed by atoms with van der Waals surface area (Å²) in [5.74, 6) is -0.872. The highest BCUT2D eigenvalue weighted by Gasteiger charge is 2.17. The molecule has 0 unspecified atom stereocenters. The third-order valence-corrected chi connectivity index (χ3v) is 1.63. The minimum Gasteiger partial charge on any atom is -0.494 e. The van der Waals surface area contributed by atoms with Crippen molar-refractivity contribution in [3.8, 4) is 17.8 Å². The summed E-state index contributed by atoms with van der Waals surface area (Å²) in [5, 5.41) is 34.1. The van der Waals surface area contributed by atoms with Gasteiger partial charge in [0, 0.05) is 0 Å². The molecule has 0 saturated carbocycles. The first-order chi connectivity index (χ1) is 7.22. The standard InChI is InChI=1S/C7H4N6O2/c8-1-3-4(6(15)12-5(3)14)11-7-9-2-10-13-7/h2,12,14-15H. The molecule has 0 radical (unpaired) electrons. The van der Waals surface area contributed by atoms with Crippen molar-refractivity contribution < 1.29 is 10.2 Å². The quantitative estimate of drug-likeness (QED) is 0.624. The van der Waals surface area contributed by atoms with Gasteiger partial charge >= 0.3 is 0 Å². The first kappa shape index (κ1) is 8.89. The van der Waals surface area contributed by atoms with Crippen molar-refractivity contribution in [1.82, 2.24) is 4.98 Å². The molecule has 0 amide bonds. The Bertz CT molecular complexity index is 518. The summed E-state index contributed by atoms with van der Waals surface area (Å²) in [5.41, 5.74) is -0.277. The van der Waals surface area contributed by atoms with Crippen LogP contribution in [0.25, 0.3) is 0 Å². The molecule has 0 spiro atoms. The van der Waals surface area contributed by atoms with Crippen LogP contribution < -0.4 is 0 Å². The lowest BCUT2D eigenvalue weighted by molar-refractivity contribution is 0.425. The predicted molar refractivity (Wildman–Crippen MR) is 49.3 cm³/mol. The van der Waals surface area contributed by atoms with Crippen LogP contribution in [0.15, 0.2) is 20.2 Å². The molecule has 1 aromatic heterocycles. The number of H-pyrrole nitrogens is 1. The molecule has 1 aromatic rings. The van der Waals surface area contributed by atoms with Gasteiger partial charge in [-0.15, -0.1) is 10.2 Å². The summed E-state index contributed by atoms with van der Waals surface area (Å²) in [6.45, 7) is 0. The number of hydrogen-bond donors (Lipinski definition) is 3. The van der Waals surface area contributed by atoms with Gasteiger partial charge in [-0.2, -0.15) is 10.3 Å². The molecular weight excluding hydrogens is 200 g/mol. The van der Waals surface area contributed by atoms with E-state index in [9.17, 15) is 10.2 Å². The molecule has 74 valence electrons. The average Bonchev–Trinajstić information content (AvgIpc) is 2.77. The number of azo groups is 1. The molecule has 1 aliphatic heterocycles. The number of aliphatic imine (C=N–C) groups is 2. The fourth-order valence-corrected chi connectivity index (χ4v) is 1.01. The molecule has 0 atom stereocenters. The molecule has 0 fully saturated rings. The van der Waals surface area contributed by atoms with E-state index in [1.807, 2.05) is 0 Å². The molecule has 0 saturated heterocycles. The van der Waals surface area contributed by atoms with Crippen LogP contribution in [0.1, 0.15) is 5.56 Å². The molecule has 15 heavy (non-hydrogen) atoms. The summed E-state index contributed by atoms with van der Waals surface area (Å²) >= 11 is 0. The number of rotatable bonds is 1. The van der Waals surface area contributed by atoms with Crippen LogP contribution in [-0.4, -0.2) is 27.5 Å². The van der Waals surface area contributed by atoms with Crippen molar-refractivity contribution >= 4 is 18.0 Å². The topological polar surface area (TPSA) is 129 Å². The Morgan fingerprint density at radius 1 is 1.40 bits per heavy atom. The highest BCUT2D eigenvalue weighted by Crippen LogP contribution is 2.36. The second-order valence-electron chi connectivity index (χ2n) is 2.53. The maximum atomic E-state index is 9.31. The lowest BCUT2D eigenvalue weighted by atomic mass is 10.3. The molecule has 0 aromatic carbocycles. The van der Waals surface area contributed by atoms with Gasteiger partial charge in [-0.3, -0.25) is 4.98 Å². The van der Waals surface area contributed by atoms with Gasteiger partial charge in [-0.1, -0.05) is 0 Å². The Labute approximate surface area is 82.9 Å². The lowest BCUT2D eigenvalue weighted by Gasteiger charge is -1.89. The second kappa shape index (κ2) is 3.22. The summed E-state index contributed by atoms with van der Waals surface area (Å²) in [6.07, 6.45) is 1.18. The van der Waals surface area contributed by atoms with E-state index >= 15 is 0 Å². The van der Waals surface area contributed by atoms with Crippen molar-refractivity contribution in [2.75, 3.05) is 0 Å². The summed E-state index contributed by atoms with van der Waals surface area (Å²) in [4.78, 5) is 9.53. The highest BCUT2D eigenvalue weighted by molar-refractivity contribution is 5.94. The number of guanidine groups is 1. The smallest absolute Gasteiger partial charge is 0.271 e. The minimum absolute atomic E-state index is 0.000741. The van der Waals surface area contributed by atoms with Crippen molar-refractivity contribution in [2.45, 2.75) is 0 Å². The second-order valence-corrected chi connectivity index (χ2v) is 2.53.